The van der Waals surface area contributed by atoms with Crippen molar-refractivity contribution in [1.29, 1.82) is 0 Å². The normalized spacial score (nSPS) is 39.4. The summed E-state index contributed by atoms with van der Waals surface area (Å²) >= 11 is 0. The highest BCUT2D eigenvalue weighted by molar-refractivity contribution is 6.31. The summed E-state index contributed by atoms with van der Waals surface area (Å²) in [6, 6.07) is 1.82. The first-order chi connectivity index (χ1) is 24.3. The van der Waals surface area contributed by atoms with Gasteiger partial charge in [0, 0.05) is 50.9 Å². The Hall–Kier alpha value is -3.22. The van der Waals surface area contributed by atoms with Crippen LogP contribution in [-0.4, -0.2) is 138 Å². The van der Waals surface area contributed by atoms with Gasteiger partial charge >= 0.3 is 0 Å². The lowest BCUT2D eigenvalue weighted by Gasteiger charge is -2.53. The molecule has 12 atom stereocenters. The summed E-state index contributed by atoms with van der Waals surface area (Å²) in [7, 11) is 7.89. The molecular formula is C37H47NO14. The number of carbonyl (C=O) groups excluding carboxylic acids is 2. The summed E-state index contributed by atoms with van der Waals surface area (Å²) in [5, 5.41) is 57.4. The SMILES string of the molecule is CO[C@H]1[C@H](O[C@H]2C[C@](C)(O)Cc3cc4c(c(O)c32)C(=O)c2c(O)cc3c(c2C4=O)OC2O[C@@]3(C)[C@H](O)[C@@H](N(C)C)[C@@H]2O)O[C@@H](C)[C@H](OC)[C@@]1(C)OC. The molecule has 3 aliphatic heterocycles. The minimum atomic E-state index is -1.55. The molecule has 7 rings (SSSR count). The zero-order chi connectivity index (χ0) is 38.0. The Balaban J connectivity index is 1.34. The summed E-state index contributed by atoms with van der Waals surface area (Å²) in [6.45, 7) is 6.76. The largest absolute Gasteiger partial charge is 0.507 e. The number of ketones is 2. The number of hydrogen-bond donors (Lipinski definition) is 5. The van der Waals surface area contributed by atoms with Crippen LogP contribution >= 0.6 is 0 Å². The number of ether oxygens (including phenoxy) is 7. The smallest absolute Gasteiger partial charge is 0.228 e. The number of nitrogens with zero attached hydrogens (tertiary/aromatic N) is 1. The first-order valence-electron chi connectivity index (χ1n) is 17.2. The van der Waals surface area contributed by atoms with Crippen LogP contribution < -0.4 is 4.74 Å². The van der Waals surface area contributed by atoms with E-state index in [-0.39, 0.29) is 46.4 Å². The Morgan fingerprint density at radius 2 is 1.62 bits per heavy atom. The van der Waals surface area contributed by atoms with E-state index in [1.165, 1.54) is 33.5 Å². The molecule has 2 aromatic rings. The van der Waals surface area contributed by atoms with E-state index in [2.05, 4.69) is 0 Å². The van der Waals surface area contributed by atoms with Crippen molar-refractivity contribution in [2.75, 3.05) is 35.4 Å². The fraction of sp³-hybridized carbons (Fsp3) is 0.622. The number of phenolic OH excluding ortho intramolecular Hbond substituents is 2. The van der Waals surface area contributed by atoms with E-state index in [1.54, 1.807) is 39.8 Å². The fourth-order valence-corrected chi connectivity index (χ4v) is 9.20. The fourth-order valence-electron chi connectivity index (χ4n) is 9.20. The van der Waals surface area contributed by atoms with Crippen molar-refractivity contribution in [3.8, 4) is 17.2 Å². The number of likely N-dealkylation sites (N-methyl/N-ethyl adjacent to an activating group) is 1. The molecule has 15 heteroatoms. The van der Waals surface area contributed by atoms with Crippen molar-refractivity contribution < 1.29 is 68.3 Å². The van der Waals surface area contributed by atoms with Gasteiger partial charge < -0.3 is 63.6 Å². The van der Waals surface area contributed by atoms with Gasteiger partial charge in [-0.25, -0.2) is 0 Å². The van der Waals surface area contributed by atoms with Crippen LogP contribution in [0.1, 0.15) is 88.8 Å². The molecule has 5 N–H and O–H groups in total. The maximum Gasteiger partial charge on any atom is 0.228 e. The summed E-state index contributed by atoms with van der Waals surface area (Å²) < 4.78 is 42.2. The third-order valence-electron chi connectivity index (χ3n) is 11.8. The summed E-state index contributed by atoms with van der Waals surface area (Å²) in [5.41, 5.74) is -4.54. The first-order valence-corrected chi connectivity index (χ1v) is 17.2. The Morgan fingerprint density at radius 3 is 2.23 bits per heavy atom. The molecule has 2 saturated heterocycles. The first kappa shape index (κ1) is 37.1. The van der Waals surface area contributed by atoms with E-state index >= 15 is 0 Å². The summed E-state index contributed by atoms with van der Waals surface area (Å²) in [4.78, 5) is 30.6. The maximum absolute atomic E-state index is 14.5. The number of methoxy groups -OCH3 is 3. The molecule has 0 amide bonds. The van der Waals surface area contributed by atoms with Crippen molar-refractivity contribution in [3.63, 3.8) is 0 Å². The Kier molecular flexibility index (Phi) is 8.86. The Labute approximate surface area is 300 Å². The lowest BCUT2D eigenvalue weighted by Crippen LogP contribution is -2.68. The number of fused-ring (bicyclic) bond motifs is 8. The second-order valence-electron chi connectivity index (χ2n) is 15.4. The van der Waals surface area contributed by atoms with Crippen molar-refractivity contribution in [2.24, 2.45) is 0 Å². The van der Waals surface area contributed by atoms with Gasteiger partial charge in [-0.2, -0.15) is 0 Å². The van der Waals surface area contributed by atoms with Crippen molar-refractivity contribution in [3.05, 3.63) is 51.1 Å². The van der Waals surface area contributed by atoms with Crippen LogP contribution in [0.2, 0.25) is 0 Å². The van der Waals surface area contributed by atoms with Gasteiger partial charge in [0.1, 0.15) is 52.9 Å². The molecule has 0 radical (unpaired) electrons. The quantitative estimate of drug-likeness (QED) is 0.244. The van der Waals surface area contributed by atoms with Crippen LogP contribution in [0.5, 0.6) is 17.2 Å². The third-order valence-corrected chi connectivity index (χ3v) is 11.8. The molecule has 2 fully saturated rings. The molecule has 2 aromatic carbocycles. The third kappa shape index (κ3) is 5.09. The summed E-state index contributed by atoms with van der Waals surface area (Å²) in [5.74, 6) is -2.85. The van der Waals surface area contributed by atoms with Crippen LogP contribution in [0.25, 0.3) is 0 Å². The van der Waals surface area contributed by atoms with Crippen LogP contribution in [0, 0.1) is 0 Å². The highest BCUT2D eigenvalue weighted by Gasteiger charge is 2.60. The van der Waals surface area contributed by atoms with E-state index in [0.717, 1.165) is 0 Å². The van der Waals surface area contributed by atoms with Gasteiger partial charge in [-0.15, -0.1) is 0 Å². The number of carbonyl (C=O) groups is 2. The van der Waals surface area contributed by atoms with Gasteiger partial charge in [0.2, 0.25) is 12.1 Å². The molecule has 3 heterocycles. The van der Waals surface area contributed by atoms with E-state index in [4.69, 9.17) is 33.2 Å². The topological polar surface area (TPSA) is 203 Å². The average molecular weight is 730 g/mol. The number of aromatic hydroxyl groups is 2. The zero-order valence-electron chi connectivity index (χ0n) is 30.6. The monoisotopic (exact) mass is 729 g/mol. The minimum absolute atomic E-state index is 0.00146. The van der Waals surface area contributed by atoms with E-state index < -0.39 is 101 Å². The van der Waals surface area contributed by atoms with E-state index in [9.17, 15) is 35.1 Å². The van der Waals surface area contributed by atoms with Crippen molar-refractivity contribution in [1.82, 2.24) is 4.90 Å². The molecule has 284 valence electrons. The highest BCUT2D eigenvalue weighted by atomic mass is 16.7. The predicted octanol–water partition coefficient (Wildman–Crippen LogP) is 1.42. The lowest BCUT2D eigenvalue weighted by molar-refractivity contribution is -0.345. The minimum Gasteiger partial charge on any atom is -0.507 e. The maximum atomic E-state index is 14.5. The standard InChI is InChI=1S/C37H47NO14/c1-14-31(46-7)37(4,48-9)32(47-8)34(49-14)50-19-13-35(2,45)12-15-10-16-21(26(41)20(15)19)27(42)22-18(39)11-17-29(23(22)25(16)40)51-33-28(43)24(38(5)6)30(44)36(17,3)52-33/h10-11,14,19,24,28,30-34,39,41,43-45H,12-13H2,1-9H3/t14-,19-,24-,28-,30+,31-,32-,33?,34-,35+,36+,37+/m0/s1. The molecule has 2 bridgehead atoms. The number of aliphatic hydroxyl groups excluding tert-OH is 2. The van der Waals surface area contributed by atoms with Gasteiger partial charge in [0.25, 0.3) is 0 Å². The van der Waals surface area contributed by atoms with E-state index in [0.29, 0.717) is 5.56 Å². The average Bonchev–Trinajstić information content (AvgIpc) is 3.05. The highest BCUT2D eigenvalue weighted by Crippen LogP contribution is 2.55. The van der Waals surface area contributed by atoms with Gasteiger partial charge in [0.15, 0.2) is 12.1 Å². The van der Waals surface area contributed by atoms with Crippen LogP contribution in [-0.2, 0) is 40.4 Å². The molecule has 0 spiro atoms. The second kappa shape index (κ2) is 12.4. The number of hydrogen-bond acceptors (Lipinski definition) is 15. The van der Waals surface area contributed by atoms with E-state index in [1.807, 2.05) is 6.92 Å². The van der Waals surface area contributed by atoms with Crippen LogP contribution in [0.15, 0.2) is 12.1 Å². The lowest BCUT2D eigenvalue weighted by atomic mass is 9.72. The Morgan fingerprint density at radius 1 is 0.942 bits per heavy atom. The number of aliphatic hydroxyl groups is 3. The number of phenols is 2. The van der Waals surface area contributed by atoms with Crippen LogP contribution in [0.4, 0.5) is 0 Å². The zero-order valence-corrected chi connectivity index (χ0v) is 30.6. The van der Waals surface area contributed by atoms with Crippen LogP contribution in [0.3, 0.4) is 0 Å². The van der Waals surface area contributed by atoms with Gasteiger partial charge in [-0.3, -0.25) is 9.59 Å². The number of rotatable bonds is 6. The van der Waals surface area contributed by atoms with Gasteiger partial charge in [-0.1, -0.05) is 0 Å². The van der Waals surface area contributed by atoms with Gasteiger partial charge in [-0.05, 0) is 59.5 Å². The molecule has 2 aliphatic carbocycles. The molecule has 5 aliphatic rings. The molecule has 1 unspecified atom stereocenters. The molecule has 15 nitrogen and oxygen atoms in total. The predicted molar refractivity (Wildman–Crippen MR) is 180 cm³/mol. The molecule has 52 heavy (non-hydrogen) atoms. The number of benzene rings is 2. The molecule has 0 saturated carbocycles. The summed E-state index contributed by atoms with van der Waals surface area (Å²) in [6.07, 6.45) is -8.03. The molecular weight excluding hydrogens is 682 g/mol. The van der Waals surface area contributed by atoms with Gasteiger partial charge in [0.05, 0.1) is 40.5 Å². The second-order valence-corrected chi connectivity index (χ2v) is 15.4. The molecule has 0 aromatic heterocycles. The van der Waals surface area contributed by atoms with Crippen molar-refractivity contribution >= 4 is 11.6 Å². The van der Waals surface area contributed by atoms with Crippen molar-refractivity contribution in [2.45, 2.75) is 113 Å². The Bertz CT molecular complexity index is 1830.